The largest absolute Gasteiger partial charge is 0.302 e. The lowest BCUT2D eigenvalue weighted by molar-refractivity contribution is -0.116. The number of aromatic nitrogens is 3. The van der Waals surface area contributed by atoms with Gasteiger partial charge < -0.3 is 5.32 Å². The molecule has 0 spiro atoms. The zero-order chi connectivity index (χ0) is 21.1. The van der Waals surface area contributed by atoms with Crippen LogP contribution >= 0.6 is 11.3 Å². The molecule has 2 aromatic carbocycles. The summed E-state index contributed by atoms with van der Waals surface area (Å²) in [6.45, 7) is 4.17. The molecule has 0 aliphatic rings. The van der Waals surface area contributed by atoms with E-state index in [-0.39, 0.29) is 24.4 Å². The monoisotopic (exact) mass is 418 g/mol. The average molecular weight is 419 g/mol. The van der Waals surface area contributed by atoms with Gasteiger partial charge in [0.1, 0.15) is 5.82 Å². The Balaban J connectivity index is 1.43. The molecule has 0 aliphatic heterocycles. The van der Waals surface area contributed by atoms with Crippen molar-refractivity contribution < 1.29 is 4.79 Å². The number of nitrogens with zero attached hydrogens (tertiary/aromatic N) is 3. The third-order valence-corrected chi connectivity index (χ3v) is 5.78. The minimum Gasteiger partial charge on any atom is -0.302 e. The molecule has 6 nitrogen and oxygen atoms in total. The number of hydrogen-bond acceptors (Lipinski definition) is 5. The number of nitrogens with one attached hydrogen (secondary N) is 1. The van der Waals surface area contributed by atoms with Gasteiger partial charge >= 0.3 is 0 Å². The third kappa shape index (κ3) is 4.16. The van der Waals surface area contributed by atoms with Crippen molar-refractivity contribution in [2.45, 2.75) is 33.2 Å². The van der Waals surface area contributed by atoms with E-state index in [0.717, 1.165) is 17.7 Å². The topological polar surface area (TPSA) is 76.9 Å². The van der Waals surface area contributed by atoms with E-state index in [1.54, 1.807) is 17.6 Å². The molecule has 0 bridgehead atoms. The SMILES string of the molecule is CCc1ccc(-c2csc(NC(=O)CCn3c(C)nc4ccccc4c3=O)n2)cc1. The first-order chi connectivity index (χ1) is 14.5. The van der Waals surface area contributed by atoms with Crippen LogP contribution in [-0.4, -0.2) is 20.4 Å². The highest BCUT2D eigenvalue weighted by Crippen LogP contribution is 2.25. The summed E-state index contributed by atoms with van der Waals surface area (Å²) in [6, 6.07) is 15.5. The van der Waals surface area contributed by atoms with Gasteiger partial charge in [-0.3, -0.25) is 14.2 Å². The highest BCUT2D eigenvalue weighted by molar-refractivity contribution is 7.14. The lowest BCUT2D eigenvalue weighted by atomic mass is 10.1. The first kappa shape index (κ1) is 20.0. The van der Waals surface area contributed by atoms with Gasteiger partial charge in [-0.05, 0) is 31.0 Å². The zero-order valence-corrected chi connectivity index (χ0v) is 17.7. The summed E-state index contributed by atoms with van der Waals surface area (Å²) >= 11 is 1.39. The van der Waals surface area contributed by atoms with Crippen LogP contribution in [-0.2, 0) is 17.8 Å². The first-order valence-electron chi connectivity index (χ1n) is 9.86. The summed E-state index contributed by atoms with van der Waals surface area (Å²) < 4.78 is 1.55. The summed E-state index contributed by atoms with van der Waals surface area (Å²) in [5.41, 5.74) is 3.68. The van der Waals surface area contributed by atoms with Gasteiger partial charge in [0.15, 0.2) is 5.13 Å². The number of thiazole rings is 1. The minimum atomic E-state index is -0.184. The van der Waals surface area contributed by atoms with E-state index in [4.69, 9.17) is 0 Å². The third-order valence-electron chi connectivity index (χ3n) is 5.02. The van der Waals surface area contributed by atoms with Crippen molar-refractivity contribution in [1.29, 1.82) is 0 Å². The van der Waals surface area contributed by atoms with Crippen molar-refractivity contribution in [2.24, 2.45) is 0 Å². The van der Waals surface area contributed by atoms with Crippen LogP contribution in [0.3, 0.4) is 0 Å². The number of carbonyl (C=O) groups is 1. The Morgan fingerprint density at radius 1 is 1.10 bits per heavy atom. The molecule has 4 rings (SSSR count). The number of para-hydroxylation sites is 1. The summed E-state index contributed by atoms with van der Waals surface area (Å²) in [7, 11) is 0. The predicted molar refractivity (Wildman–Crippen MR) is 121 cm³/mol. The molecule has 0 aliphatic carbocycles. The minimum absolute atomic E-state index is 0.127. The van der Waals surface area contributed by atoms with Crippen molar-refractivity contribution in [1.82, 2.24) is 14.5 Å². The molecule has 152 valence electrons. The van der Waals surface area contributed by atoms with Crippen LogP contribution in [0.15, 0.2) is 58.7 Å². The number of rotatable bonds is 6. The molecule has 7 heteroatoms. The molecular formula is C23H22N4O2S. The molecule has 0 saturated carbocycles. The lowest BCUT2D eigenvalue weighted by Gasteiger charge is -2.10. The Bertz CT molecular complexity index is 1260. The van der Waals surface area contributed by atoms with Crippen molar-refractivity contribution in [3.8, 4) is 11.3 Å². The molecule has 1 amide bonds. The maximum Gasteiger partial charge on any atom is 0.261 e. The Kier molecular flexibility index (Phi) is 5.72. The second-order valence-electron chi connectivity index (χ2n) is 7.02. The van der Waals surface area contributed by atoms with Crippen LogP contribution in [0.2, 0.25) is 0 Å². The fourth-order valence-electron chi connectivity index (χ4n) is 3.31. The van der Waals surface area contributed by atoms with Crippen LogP contribution in [0.4, 0.5) is 5.13 Å². The molecule has 4 aromatic rings. The standard InChI is InChI=1S/C23H22N4O2S/c1-3-16-8-10-17(11-9-16)20-14-30-23(25-20)26-21(28)12-13-27-15(2)24-19-7-5-4-6-18(19)22(27)29/h4-11,14H,3,12-13H2,1-2H3,(H,25,26,28). The fraction of sp³-hybridized carbons (Fsp3) is 0.217. The smallest absolute Gasteiger partial charge is 0.261 e. The van der Waals surface area contributed by atoms with Gasteiger partial charge in [-0.25, -0.2) is 9.97 Å². The van der Waals surface area contributed by atoms with Crippen LogP contribution in [0.1, 0.15) is 24.7 Å². The number of fused-ring (bicyclic) bond motifs is 1. The first-order valence-corrected chi connectivity index (χ1v) is 10.7. The molecular weight excluding hydrogens is 396 g/mol. The number of benzene rings is 2. The fourth-order valence-corrected chi connectivity index (χ4v) is 4.05. The molecule has 2 heterocycles. The number of aryl methyl sites for hydroxylation is 2. The van der Waals surface area contributed by atoms with Crippen LogP contribution in [0.25, 0.3) is 22.2 Å². The van der Waals surface area contributed by atoms with Crippen molar-refractivity contribution in [2.75, 3.05) is 5.32 Å². The van der Waals surface area contributed by atoms with Crippen molar-refractivity contribution >= 4 is 33.3 Å². The van der Waals surface area contributed by atoms with Gasteiger partial charge in [0, 0.05) is 23.9 Å². The molecule has 0 unspecified atom stereocenters. The van der Waals surface area contributed by atoms with E-state index in [1.165, 1.54) is 16.9 Å². The van der Waals surface area contributed by atoms with Gasteiger partial charge in [-0.1, -0.05) is 43.3 Å². The van der Waals surface area contributed by atoms with Gasteiger partial charge in [0.25, 0.3) is 5.56 Å². The number of anilines is 1. The van der Waals surface area contributed by atoms with E-state index >= 15 is 0 Å². The van der Waals surface area contributed by atoms with Crippen LogP contribution in [0.5, 0.6) is 0 Å². The van der Waals surface area contributed by atoms with Crippen molar-refractivity contribution in [3.05, 3.63) is 75.7 Å². The van der Waals surface area contributed by atoms with Gasteiger partial charge in [0.2, 0.25) is 5.91 Å². The normalized spacial score (nSPS) is 11.0. The molecule has 0 fully saturated rings. The Hall–Kier alpha value is -3.32. The molecule has 0 radical (unpaired) electrons. The summed E-state index contributed by atoms with van der Waals surface area (Å²) in [4.78, 5) is 34.1. The molecule has 0 saturated heterocycles. The van der Waals surface area contributed by atoms with Crippen LogP contribution < -0.4 is 10.9 Å². The zero-order valence-electron chi connectivity index (χ0n) is 16.9. The molecule has 30 heavy (non-hydrogen) atoms. The van der Waals surface area contributed by atoms with E-state index in [2.05, 4.69) is 34.3 Å². The van der Waals surface area contributed by atoms with Gasteiger partial charge in [-0.2, -0.15) is 0 Å². The van der Waals surface area contributed by atoms with E-state index in [0.29, 0.717) is 21.9 Å². The number of carbonyl (C=O) groups excluding carboxylic acids is 1. The second kappa shape index (κ2) is 8.59. The van der Waals surface area contributed by atoms with E-state index < -0.39 is 0 Å². The molecule has 2 aromatic heterocycles. The highest BCUT2D eigenvalue weighted by atomic mass is 32.1. The molecule has 0 atom stereocenters. The summed E-state index contributed by atoms with van der Waals surface area (Å²) in [5, 5.41) is 5.87. The van der Waals surface area contributed by atoms with E-state index in [1.807, 2.05) is 35.7 Å². The van der Waals surface area contributed by atoms with Crippen molar-refractivity contribution in [3.63, 3.8) is 0 Å². The van der Waals surface area contributed by atoms with E-state index in [9.17, 15) is 9.59 Å². The average Bonchev–Trinajstić information content (AvgIpc) is 3.22. The lowest BCUT2D eigenvalue weighted by Crippen LogP contribution is -2.26. The van der Waals surface area contributed by atoms with Gasteiger partial charge in [0.05, 0.1) is 16.6 Å². The Morgan fingerprint density at radius 2 is 1.87 bits per heavy atom. The Morgan fingerprint density at radius 3 is 2.63 bits per heavy atom. The number of hydrogen-bond donors (Lipinski definition) is 1. The summed E-state index contributed by atoms with van der Waals surface area (Å²) in [5.74, 6) is 0.412. The maximum atomic E-state index is 12.7. The van der Waals surface area contributed by atoms with Gasteiger partial charge in [-0.15, -0.1) is 11.3 Å². The second-order valence-corrected chi connectivity index (χ2v) is 7.88. The highest BCUT2D eigenvalue weighted by Gasteiger charge is 2.12. The molecule has 1 N–H and O–H groups in total. The maximum absolute atomic E-state index is 12.7. The predicted octanol–water partition coefficient (Wildman–Crippen LogP) is 4.42. The summed E-state index contributed by atoms with van der Waals surface area (Å²) in [6.07, 6.45) is 1.16. The van der Waals surface area contributed by atoms with Crippen LogP contribution in [0, 0.1) is 6.92 Å². The Labute approximate surface area is 178 Å². The quantitative estimate of drug-likeness (QED) is 0.503. The number of amides is 1.